The maximum Gasteiger partial charge on any atom is 0.147 e. The molecule has 148 valence electrons. The lowest BCUT2D eigenvalue weighted by atomic mass is 9.86. The Morgan fingerprint density at radius 1 is 0.963 bits per heavy atom. The van der Waals surface area contributed by atoms with E-state index in [4.69, 9.17) is 15.9 Å². The second-order valence-corrected chi connectivity index (χ2v) is 16.4. The third-order valence-corrected chi connectivity index (χ3v) is 11.3. The normalized spacial score (nSPS) is 17.5. The number of nitrogen functional groups attached to an aromatic ring is 2. The van der Waals surface area contributed by atoms with Gasteiger partial charge in [-0.3, -0.25) is 0 Å². The lowest BCUT2D eigenvalue weighted by Gasteiger charge is -2.18. The van der Waals surface area contributed by atoms with Crippen LogP contribution in [0.5, 0.6) is 0 Å². The van der Waals surface area contributed by atoms with Crippen molar-refractivity contribution in [3.05, 3.63) is 59.7 Å². The smallest absolute Gasteiger partial charge is 0.147 e. The van der Waals surface area contributed by atoms with Crippen LogP contribution in [0.2, 0.25) is 12.6 Å². The van der Waals surface area contributed by atoms with E-state index in [0.717, 1.165) is 18.0 Å². The lowest BCUT2D eigenvalue weighted by Crippen LogP contribution is -2.26. The molecule has 0 amide bonds. The highest BCUT2D eigenvalue weighted by atomic mass is 29.2. The summed E-state index contributed by atoms with van der Waals surface area (Å²) in [5.41, 5.74) is 15.9. The van der Waals surface area contributed by atoms with Crippen LogP contribution in [0.15, 0.2) is 48.5 Å². The van der Waals surface area contributed by atoms with Gasteiger partial charge in [0.15, 0.2) is 0 Å². The van der Waals surface area contributed by atoms with Gasteiger partial charge in [-0.2, -0.15) is 0 Å². The largest absolute Gasteiger partial charge is 0.428 e. The fourth-order valence-electron chi connectivity index (χ4n) is 3.48. The summed E-state index contributed by atoms with van der Waals surface area (Å²) >= 11 is 0. The van der Waals surface area contributed by atoms with Crippen molar-refractivity contribution in [1.29, 1.82) is 0 Å². The molecule has 27 heavy (non-hydrogen) atoms. The monoisotopic (exact) mass is 400 g/mol. The second-order valence-electron chi connectivity index (χ2n) is 7.70. The van der Waals surface area contributed by atoms with Gasteiger partial charge >= 0.3 is 0 Å². The van der Waals surface area contributed by atoms with Gasteiger partial charge in [0.05, 0.1) is 8.31 Å². The highest BCUT2D eigenvalue weighted by molar-refractivity contribution is 7.09. The molecule has 1 atom stereocenters. The highest BCUT2D eigenvalue weighted by Crippen LogP contribution is 2.31. The summed E-state index contributed by atoms with van der Waals surface area (Å²) in [7, 11) is -0.106. The quantitative estimate of drug-likeness (QED) is 0.429. The van der Waals surface area contributed by atoms with Crippen LogP contribution in [0.1, 0.15) is 56.1 Å². The predicted molar refractivity (Wildman–Crippen MR) is 125 cm³/mol. The summed E-state index contributed by atoms with van der Waals surface area (Å²) < 4.78 is 5.38. The van der Waals surface area contributed by atoms with Crippen molar-refractivity contribution in [2.75, 3.05) is 18.1 Å². The van der Waals surface area contributed by atoms with Crippen molar-refractivity contribution < 1.29 is 4.43 Å². The third kappa shape index (κ3) is 7.91. The number of anilines is 2. The van der Waals surface area contributed by atoms with E-state index in [1.165, 1.54) is 43.2 Å². The molecule has 3 rings (SSSR count). The minimum absolute atomic E-state index is 0.0718. The van der Waals surface area contributed by atoms with Gasteiger partial charge in [-0.1, -0.05) is 63.0 Å². The molecule has 0 aromatic heterocycles. The fourth-order valence-corrected chi connectivity index (χ4v) is 8.36. The van der Waals surface area contributed by atoms with Gasteiger partial charge in [0, 0.05) is 23.9 Å². The molecule has 4 N–H and O–H groups in total. The lowest BCUT2D eigenvalue weighted by molar-refractivity contribution is 0.335. The molecule has 2 aromatic carbocycles. The zero-order valence-electron chi connectivity index (χ0n) is 17.0. The number of unbranched alkanes of at least 4 members (excludes halogenated alkanes) is 2. The molecule has 1 aliphatic heterocycles. The van der Waals surface area contributed by atoms with Crippen LogP contribution in [0, 0.1) is 0 Å². The van der Waals surface area contributed by atoms with Gasteiger partial charge in [0.2, 0.25) is 0 Å². The third-order valence-electron chi connectivity index (χ3n) is 5.16. The standard InChI is InChI=1S/C18H24N2.C4H12OSi2/c1-2-3-4-5-18(14-6-10-16(19)11-7-14)15-8-12-17(20)13-9-15;1-7-4-2-3-5-6-7/h6-13,18H,2-5,19-20H2,1H3;7H,2-4,6H2,1H3. The molecule has 0 radical (unpaired) electrons. The Labute approximate surface area is 168 Å². The van der Waals surface area contributed by atoms with E-state index < -0.39 is 0 Å². The molecule has 2 aromatic rings. The van der Waals surface area contributed by atoms with Crippen molar-refractivity contribution >= 4 is 29.0 Å². The molecular weight excluding hydrogens is 364 g/mol. The first kappa shape index (κ1) is 21.7. The minimum Gasteiger partial charge on any atom is -0.428 e. The molecule has 3 nitrogen and oxygen atoms in total. The average Bonchev–Trinajstić information content (AvgIpc) is 2.68. The van der Waals surface area contributed by atoms with Gasteiger partial charge in [-0.15, -0.1) is 0 Å². The summed E-state index contributed by atoms with van der Waals surface area (Å²) in [6.45, 7) is 5.76. The first-order valence-electron chi connectivity index (χ1n) is 10.4. The van der Waals surface area contributed by atoms with Crippen molar-refractivity contribution in [2.24, 2.45) is 0 Å². The van der Waals surface area contributed by atoms with Crippen LogP contribution >= 0.6 is 0 Å². The Balaban J connectivity index is 0.000000313. The van der Waals surface area contributed by atoms with Gasteiger partial charge in [-0.05, 0) is 48.2 Å². The number of nitrogens with two attached hydrogens (primary N) is 2. The van der Waals surface area contributed by atoms with E-state index in [0.29, 0.717) is 5.92 Å². The zero-order valence-corrected chi connectivity index (χ0v) is 19.6. The summed E-state index contributed by atoms with van der Waals surface area (Å²) in [6, 6.07) is 18.1. The Morgan fingerprint density at radius 3 is 1.89 bits per heavy atom. The SMILES string of the molecule is CCCCCC(c1ccc(N)cc1)c1ccc(N)cc1.C[SiH]1CCCO[SiH2]1. The van der Waals surface area contributed by atoms with Gasteiger partial charge in [-0.25, -0.2) is 0 Å². The Kier molecular flexibility index (Phi) is 9.66. The Morgan fingerprint density at radius 2 is 1.52 bits per heavy atom. The number of hydrogen-bond acceptors (Lipinski definition) is 3. The van der Waals surface area contributed by atoms with Crippen LogP contribution in [-0.4, -0.2) is 24.2 Å². The molecule has 1 fully saturated rings. The van der Waals surface area contributed by atoms with E-state index in [-0.39, 0.29) is 17.6 Å². The number of benzene rings is 2. The molecular formula is C22H36N2OSi2. The maximum absolute atomic E-state index is 5.79. The summed E-state index contributed by atoms with van der Waals surface area (Å²) in [4.78, 5) is 0. The van der Waals surface area contributed by atoms with Crippen LogP contribution in [0.3, 0.4) is 0 Å². The summed E-state index contributed by atoms with van der Waals surface area (Å²) in [5.74, 6) is 0.433. The van der Waals surface area contributed by atoms with Crippen LogP contribution in [0.4, 0.5) is 11.4 Å². The molecule has 0 saturated carbocycles. The van der Waals surface area contributed by atoms with Crippen LogP contribution < -0.4 is 11.5 Å². The average molecular weight is 401 g/mol. The van der Waals surface area contributed by atoms with E-state index in [2.05, 4.69) is 37.7 Å². The maximum atomic E-state index is 5.79. The Bertz CT molecular complexity index is 595. The molecule has 0 bridgehead atoms. The van der Waals surface area contributed by atoms with E-state index in [1.54, 1.807) is 6.04 Å². The van der Waals surface area contributed by atoms with E-state index in [9.17, 15) is 0 Å². The Hall–Kier alpha value is -1.57. The molecule has 1 aliphatic rings. The van der Waals surface area contributed by atoms with Gasteiger partial charge in [0.25, 0.3) is 0 Å². The zero-order chi connectivity index (χ0) is 19.5. The van der Waals surface area contributed by atoms with Crippen molar-refractivity contribution in [2.45, 2.75) is 57.5 Å². The van der Waals surface area contributed by atoms with Gasteiger partial charge < -0.3 is 15.9 Å². The molecule has 0 aliphatic carbocycles. The van der Waals surface area contributed by atoms with Crippen LogP contribution in [0.25, 0.3) is 0 Å². The molecule has 1 saturated heterocycles. The van der Waals surface area contributed by atoms with Gasteiger partial charge in [0.1, 0.15) is 9.28 Å². The predicted octanol–water partition coefficient (Wildman–Crippen LogP) is 4.41. The molecule has 0 spiro atoms. The van der Waals surface area contributed by atoms with E-state index in [1.807, 2.05) is 24.3 Å². The van der Waals surface area contributed by atoms with E-state index >= 15 is 0 Å². The first-order chi connectivity index (χ1) is 13.1. The summed E-state index contributed by atoms with van der Waals surface area (Å²) in [5, 5.41) is 0. The molecule has 5 heteroatoms. The van der Waals surface area contributed by atoms with Crippen molar-refractivity contribution in [3.63, 3.8) is 0 Å². The van der Waals surface area contributed by atoms with Crippen molar-refractivity contribution in [1.82, 2.24) is 0 Å². The summed E-state index contributed by atoms with van der Waals surface area (Å²) in [6.07, 6.45) is 6.30. The number of hydrogen-bond donors (Lipinski definition) is 2. The molecule has 1 heterocycles. The highest BCUT2D eigenvalue weighted by Gasteiger charge is 2.13. The second kappa shape index (κ2) is 12.0. The minimum atomic E-state index is -0.178. The number of rotatable bonds is 6. The first-order valence-corrected chi connectivity index (χ1v) is 16.2. The molecule has 1 unspecified atom stereocenters. The topological polar surface area (TPSA) is 61.3 Å². The fraction of sp³-hybridized carbons (Fsp3) is 0.455. The van der Waals surface area contributed by atoms with Crippen molar-refractivity contribution in [3.8, 4) is 0 Å². The van der Waals surface area contributed by atoms with Crippen LogP contribution in [-0.2, 0) is 4.43 Å².